The van der Waals surface area contributed by atoms with Gasteiger partial charge < -0.3 is 9.47 Å². The van der Waals surface area contributed by atoms with Crippen molar-refractivity contribution in [2.24, 2.45) is 0 Å². The smallest absolute Gasteiger partial charge is 0.264 e. The Hall–Kier alpha value is -2.90. The second-order valence-corrected chi connectivity index (χ2v) is 8.41. The van der Waals surface area contributed by atoms with E-state index in [4.69, 9.17) is 9.47 Å². The van der Waals surface area contributed by atoms with Crippen LogP contribution < -0.4 is 14.8 Å². The highest BCUT2D eigenvalue weighted by Crippen LogP contribution is 2.30. The summed E-state index contributed by atoms with van der Waals surface area (Å²) in [6, 6.07) is 16.1. The number of hydrogen-bond donors (Lipinski definition) is 1. The minimum absolute atomic E-state index is 0.0935. The Kier molecular flexibility index (Phi) is 6.30. The number of ether oxygens (including phenoxy) is 2. The van der Waals surface area contributed by atoms with Crippen molar-refractivity contribution in [2.45, 2.75) is 26.4 Å². The van der Waals surface area contributed by atoms with E-state index in [0.29, 0.717) is 16.6 Å². The number of rotatable bonds is 7. The Balaban J connectivity index is 1.32. The van der Waals surface area contributed by atoms with Crippen molar-refractivity contribution in [3.63, 3.8) is 0 Å². The van der Waals surface area contributed by atoms with Crippen LogP contribution in [0.25, 0.3) is 0 Å². The summed E-state index contributed by atoms with van der Waals surface area (Å²) in [5, 5.41) is 3.50. The van der Waals surface area contributed by atoms with Gasteiger partial charge in [-0.2, -0.15) is 0 Å². The predicted octanol–water partition coefficient (Wildman–Crippen LogP) is 4.04. The number of hydrogen-bond acceptors (Lipinski definition) is 6. The summed E-state index contributed by atoms with van der Waals surface area (Å²) in [7, 11) is 1.59. The molecule has 0 fully saturated rings. The van der Waals surface area contributed by atoms with Crippen LogP contribution in [0.1, 0.15) is 21.7 Å². The number of methoxy groups -OCH3 is 1. The van der Waals surface area contributed by atoms with E-state index < -0.39 is 0 Å². The van der Waals surface area contributed by atoms with Crippen LogP contribution in [0.15, 0.2) is 48.5 Å². The first kappa shape index (κ1) is 20.4. The normalized spacial score (nSPS) is 13.5. The molecule has 6 nitrogen and oxygen atoms in total. The monoisotopic (exact) mass is 423 g/mol. The van der Waals surface area contributed by atoms with Crippen molar-refractivity contribution in [2.75, 3.05) is 25.6 Å². The molecule has 0 radical (unpaired) electrons. The van der Waals surface area contributed by atoms with Gasteiger partial charge in [0.2, 0.25) is 0 Å². The summed E-state index contributed by atoms with van der Waals surface area (Å²) in [4.78, 5) is 20.6. The van der Waals surface area contributed by atoms with Gasteiger partial charge in [-0.05, 0) is 30.2 Å². The van der Waals surface area contributed by atoms with Crippen molar-refractivity contribution < 1.29 is 14.3 Å². The highest BCUT2D eigenvalue weighted by molar-refractivity contribution is 7.15. The quantitative estimate of drug-likeness (QED) is 0.622. The number of amides is 1. The number of aromatic nitrogens is 1. The van der Waals surface area contributed by atoms with Crippen LogP contribution in [0.3, 0.4) is 0 Å². The average Bonchev–Trinajstić information content (AvgIpc) is 3.15. The standard InChI is InChI=1S/C23H25N3O3S/c1-16-8-9-19(20(12-16)28-2)29-15-22(27)25-23-24-18-10-11-26(14-21(18)30-23)13-17-6-4-3-5-7-17/h3-9,12H,10-11,13-15H2,1-2H3,(H,24,25,27). The van der Waals surface area contributed by atoms with Gasteiger partial charge in [0.05, 0.1) is 12.8 Å². The minimum atomic E-state index is -0.232. The average molecular weight is 424 g/mol. The highest BCUT2D eigenvalue weighted by atomic mass is 32.1. The molecule has 1 aliphatic rings. The van der Waals surface area contributed by atoms with Gasteiger partial charge in [0.25, 0.3) is 5.91 Å². The molecule has 0 atom stereocenters. The first-order valence-electron chi connectivity index (χ1n) is 9.93. The van der Waals surface area contributed by atoms with Gasteiger partial charge in [0, 0.05) is 30.9 Å². The van der Waals surface area contributed by atoms with Crippen LogP contribution in [0, 0.1) is 6.92 Å². The molecule has 0 aliphatic carbocycles. The second kappa shape index (κ2) is 9.28. The van der Waals surface area contributed by atoms with E-state index in [1.165, 1.54) is 10.4 Å². The predicted molar refractivity (Wildman–Crippen MR) is 118 cm³/mol. The van der Waals surface area contributed by atoms with Crippen LogP contribution in [-0.2, 0) is 24.3 Å². The number of carbonyl (C=O) groups excluding carboxylic acids is 1. The molecule has 30 heavy (non-hydrogen) atoms. The Labute approximate surface area is 180 Å². The largest absolute Gasteiger partial charge is 0.493 e. The Bertz CT molecular complexity index is 1020. The zero-order valence-corrected chi connectivity index (χ0v) is 18.0. The molecule has 0 spiro atoms. The maximum atomic E-state index is 12.4. The Morgan fingerprint density at radius 2 is 2.03 bits per heavy atom. The number of fused-ring (bicyclic) bond motifs is 1. The molecule has 1 amide bonds. The first-order chi connectivity index (χ1) is 14.6. The number of aryl methyl sites for hydroxylation is 1. The molecule has 4 rings (SSSR count). The third kappa shape index (κ3) is 4.98. The van der Waals surface area contributed by atoms with E-state index in [9.17, 15) is 4.79 Å². The number of anilines is 1. The number of nitrogens with one attached hydrogen (secondary N) is 1. The zero-order valence-electron chi connectivity index (χ0n) is 17.2. The van der Waals surface area contributed by atoms with Gasteiger partial charge in [0.1, 0.15) is 0 Å². The zero-order chi connectivity index (χ0) is 20.9. The van der Waals surface area contributed by atoms with Crippen molar-refractivity contribution in [3.8, 4) is 11.5 Å². The lowest BCUT2D eigenvalue weighted by Crippen LogP contribution is -2.29. The summed E-state index contributed by atoms with van der Waals surface area (Å²) in [6.07, 6.45) is 0.894. The first-order valence-corrected chi connectivity index (χ1v) is 10.7. The summed E-state index contributed by atoms with van der Waals surface area (Å²) in [5.74, 6) is 0.934. The molecule has 1 aliphatic heterocycles. The molecule has 156 valence electrons. The van der Waals surface area contributed by atoms with E-state index in [1.807, 2.05) is 31.2 Å². The fourth-order valence-corrected chi connectivity index (χ4v) is 4.54. The number of carbonyl (C=O) groups is 1. The lowest BCUT2D eigenvalue weighted by atomic mass is 10.1. The lowest BCUT2D eigenvalue weighted by molar-refractivity contribution is -0.118. The van der Waals surface area contributed by atoms with Gasteiger partial charge in [-0.1, -0.05) is 36.4 Å². The van der Waals surface area contributed by atoms with Gasteiger partial charge in [-0.15, -0.1) is 11.3 Å². The summed E-state index contributed by atoms with van der Waals surface area (Å²) >= 11 is 1.54. The van der Waals surface area contributed by atoms with Gasteiger partial charge in [0.15, 0.2) is 23.2 Å². The molecule has 2 heterocycles. The van der Waals surface area contributed by atoms with E-state index in [0.717, 1.165) is 37.3 Å². The molecular formula is C23H25N3O3S. The number of thiazole rings is 1. The maximum Gasteiger partial charge on any atom is 0.264 e. The van der Waals surface area contributed by atoms with Crippen LogP contribution >= 0.6 is 11.3 Å². The van der Waals surface area contributed by atoms with Gasteiger partial charge >= 0.3 is 0 Å². The van der Waals surface area contributed by atoms with E-state index >= 15 is 0 Å². The number of benzene rings is 2. The SMILES string of the molecule is COc1cc(C)ccc1OCC(=O)Nc1nc2c(s1)CN(Cc1ccccc1)CC2. The van der Waals surface area contributed by atoms with Gasteiger partial charge in [-0.25, -0.2) is 4.98 Å². The molecule has 0 unspecified atom stereocenters. The Morgan fingerprint density at radius 3 is 2.83 bits per heavy atom. The molecule has 2 aromatic carbocycles. The molecule has 0 bridgehead atoms. The summed E-state index contributed by atoms with van der Waals surface area (Å²) < 4.78 is 10.9. The third-order valence-corrected chi connectivity index (χ3v) is 5.98. The van der Waals surface area contributed by atoms with Crippen LogP contribution in [0.2, 0.25) is 0 Å². The lowest BCUT2D eigenvalue weighted by Gasteiger charge is -2.25. The van der Waals surface area contributed by atoms with E-state index in [-0.39, 0.29) is 12.5 Å². The van der Waals surface area contributed by atoms with E-state index in [2.05, 4.69) is 39.5 Å². The van der Waals surface area contributed by atoms with Crippen molar-refractivity contribution in [1.29, 1.82) is 0 Å². The van der Waals surface area contributed by atoms with Crippen molar-refractivity contribution in [1.82, 2.24) is 9.88 Å². The van der Waals surface area contributed by atoms with Crippen LogP contribution in [0.4, 0.5) is 5.13 Å². The summed E-state index contributed by atoms with van der Waals surface area (Å²) in [5.41, 5.74) is 3.46. The fourth-order valence-electron chi connectivity index (χ4n) is 3.47. The molecule has 7 heteroatoms. The van der Waals surface area contributed by atoms with Crippen LogP contribution in [-0.4, -0.2) is 36.1 Å². The summed E-state index contributed by atoms with van der Waals surface area (Å²) in [6.45, 7) is 4.63. The molecule has 3 aromatic rings. The molecule has 1 N–H and O–H groups in total. The van der Waals surface area contributed by atoms with Gasteiger partial charge in [-0.3, -0.25) is 15.0 Å². The molecular weight excluding hydrogens is 398 g/mol. The fraction of sp³-hybridized carbons (Fsp3) is 0.304. The van der Waals surface area contributed by atoms with Crippen molar-refractivity contribution in [3.05, 3.63) is 70.2 Å². The Morgan fingerprint density at radius 1 is 1.20 bits per heavy atom. The van der Waals surface area contributed by atoms with Crippen molar-refractivity contribution >= 4 is 22.4 Å². The second-order valence-electron chi connectivity index (χ2n) is 7.33. The third-order valence-electron chi connectivity index (χ3n) is 4.98. The molecule has 0 saturated carbocycles. The molecule has 1 aromatic heterocycles. The molecule has 0 saturated heterocycles. The maximum absolute atomic E-state index is 12.4. The topological polar surface area (TPSA) is 63.7 Å². The van der Waals surface area contributed by atoms with E-state index in [1.54, 1.807) is 18.4 Å². The highest BCUT2D eigenvalue weighted by Gasteiger charge is 2.21. The van der Waals surface area contributed by atoms with Crippen LogP contribution in [0.5, 0.6) is 11.5 Å². The number of nitrogens with zero attached hydrogens (tertiary/aromatic N) is 2. The minimum Gasteiger partial charge on any atom is -0.493 e.